The zero-order chi connectivity index (χ0) is 8.97. The molecule has 4 N–H and O–H groups in total. The van der Waals surface area contributed by atoms with Crippen LogP contribution in [0.4, 0.5) is 0 Å². The third kappa shape index (κ3) is 2.55. The summed E-state index contributed by atoms with van der Waals surface area (Å²) >= 11 is 1.26. The summed E-state index contributed by atoms with van der Waals surface area (Å²) in [4.78, 5) is 14.3. The highest BCUT2D eigenvalue weighted by molar-refractivity contribution is 7.99. The number of nitrogens with two attached hydrogens (primary N) is 2. The Labute approximate surface area is 73.5 Å². The first-order valence-corrected chi connectivity index (χ1v) is 4.26. The number of carbonyl (C=O) groups excluding carboxylic acids is 1. The van der Waals surface area contributed by atoms with Gasteiger partial charge in [0.1, 0.15) is 6.26 Å². The predicted octanol–water partition coefficient (Wildman–Crippen LogP) is -0.421. The van der Waals surface area contributed by atoms with Gasteiger partial charge in [0.15, 0.2) is 0 Å². The second-order valence-corrected chi connectivity index (χ2v) is 3.09. The Morgan fingerprint density at radius 2 is 2.58 bits per heavy atom. The molecule has 0 bridgehead atoms. The van der Waals surface area contributed by atoms with Gasteiger partial charge in [-0.2, -0.15) is 0 Å². The van der Waals surface area contributed by atoms with Crippen LogP contribution in [0, 0.1) is 0 Å². The third-order valence-electron chi connectivity index (χ3n) is 1.16. The van der Waals surface area contributed by atoms with Gasteiger partial charge in [-0.3, -0.25) is 4.79 Å². The Morgan fingerprint density at radius 3 is 3.08 bits per heavy atom. The highest BCUT2D eigenvalue weighted by atomic mass is 32.2. The number of amides is 1. The van der Waals surface area contributed by atoms with E-state index in [1.807, 2.05) is 0 Å². The Balaban J connectivity index is 2.31. The molecular formula is C6H9N3O2S. The maximum absolute atomic E-state index is 10.5. The minimum atomic E-state index is -0.651. The van der Waals surface area contributed by atoms with Crippen molar-refractivity contribution in [1.29, 1.82) is 0 Å². The molecule has 1 amide bonds. The van der Waals surface area contributed by atoms with Crippen molar-refractivity contribution in [1.82, 2.24) is 4.98 Å². The number of thioether (sulfide) groups is 1. The van der Waals surface area contributed by atoms with Gasteiger partial charge in [-0.05, 0) is 0 Å². The van der Waals surface area contributed by atoms with Gasteiger partial charge in [0, 0.05) is 5.75 Å². The van der Waals surface area contributed by atoms with Gasteiger partial charge in [-0.1, -0.05) is 11.8 Å². The lowest BCUT2D eigenvalue weighted by Gasteiger charge is -2.03. The number of hydrogen-bond acceptors (Lipinski definition) is 5. The highest BCUT2D eigenvalue weighted by Gasteiger charge is 2.10. The maximum atomic E-state index is 10.5. The first kappa shape index (κ1) is 9.08. The molecule has 6 heteroatoms. The number of oxazole rings is 1. The van der Waals surface area contributed by atoms with E-state index in [9.17, 15) is 4.79 Å². The molecule has 1 heterocycles. The molecular weight excluding hydrogens is 178 g/mol. The molecule has 0 saturated carbocycles. The fourth-order valence-electron chi connectivity index (χ4n) is 0.525. The molecule has 5 nitrogen and oxygen atoms in total. The van der Waals surface area contributed by atoms with Gasteiger partial charge in [-0.15, -0.1) is 0 Å². The maximum Gasteiger partial charge on any atom is 0.255 e. The Hall–Kier alpha value is -1.01. The molecule has 12 heavy (non-hydrogen) atoms. The number of carbonyl (C=O) groups is 1. The standard InChI is InChI=1S/C6H9N3O2S/c7-4(5(8)10)3-12-6-9-1-2-11-6/h1-2,4H,3,7H2,(H2,8,10). The Bertz CT molecular complexity index is 249. The second-order valence-electron chi connectivity index (χ2n) is 2.12. The van der Waals surface area contributed by atoms with E-state index in [1.54, 1.807) is 0 Å². The number of aromatic nitrogens is 1. The van der Waals surface area contributed by atoms with E-state index in [1.165, 1.54) is 24.2 Å². The Kier molecular flexibility index (Phi) is 3.12. The molecule has 1 atom stereocenters. The van der Waals surface area contributed by atoms with Crippen molar-refractivity contribution in [2.75, 3.05) is 5.75 Å². The summed E-state index contributed by atoms with van der Waals surface area (Å²) in [5.74, 6) is -0.135. The molecule has 1 aromatic rings. The van der Waals surface area contributed by atoms with E-state index >= 15 is 0 Å². The van der Waals surface area contributed by atoms with E-state index in [0.717, 1.165) is 0 Å². The molecule has 0 aromatic carbocycles. The SMILES string of the molecule is NC(=O)C(N)CSc1ncco1. The van der Waals surface area contributed by atoms with Crippen LogP contribution in [0.2, 0.25) is 0 Å². The van der Waals surface area contributed by atoms with Gasteiger partial charge in [0.05, 0.1) is 12.2 Å². The van der Waals surface area contributed by atoms with Crippen LogP contribution >= 0.6 is 11.8 Å². The second kappa shape index (κ2) is 4.13. The summed E-state index contributed by atoms with van der Waals surface area (Å²) in [6.07, 6.45) is 2.98. The minimum absolute atomic E-state index is 0.385. The topological polar surface area (TPSA) is 95.1 Å². The molecule has 0 spiro atoms. The zero-order valence-electron chi connectivity index (χ0n) is 6.27. The van der Waals surface area contributed by atoms with Crippen LogP contribution in [0.1, 0.15) is 0 Å². The Morgan fingerprint density at radius 1 is 1.83 bits per heavy atom. The quantitative estimate of drug-likeness (QED) is 0.624. The van der Waals surface area contributed by atoms with Crippen molar-refractivity contribution >= 4 is 17.7 Å². The fraction of sp³-hybridized carbons (Fsp3) is 0.333. The number of nitrogens with zero attached hydrogens (tertiary/aromatic N) is 1. The third-order valence-corrected chi connectivity index (χ3v) is 2.14. The minimum Gasteiger partial charge on any atom is -0.440 e. The van der Waals surface area contributed by atoms with Crippen LogP contribution in [0.25, 0.3) is 0 Å². The van der Waals surface area contributed by atoms with E-state index in [-0.39, 0.29) is 0 Å². The largest absolute Gasteiger partial charge is 0.440 e. The molecule has 0 radical (unpaired) electrons. The van der Waals surface area contributed by atoms with Gasteiger partial charge < -0.3 is 15.9 Å². The van der Waals surface area contributed by atoms with E-state index in [4.69, 9.17) is 15.9 Å². The van der Waals surface area contributed by atoms with Gasteiger partial charge >= 0.3 is 0 Å². The van der Waals surface area contributed by atoms with Gasteiger partial charge in [0.25, 0.3) is 5.22 Å². The lowest BCUT2D eigenvalue weighted by atomic mass is 10.3. The lowest BCUT2D eigenvalue weighted by molar-refractivity contribution is -0.118. The summed E-state index contributed by atoms with van der Waals surface area (Å²) in [7, 11) is 0. The van der Waals surface area contributed by atoms with Crippen LogP contribution in [0.5, 0.6) is 0 Å². The summed E-state index contributed by atoms with van der Waals surface area (Å²) in [6.45, 7) is 0. The van der Waals surface area contributed by atoms with Gasteiger partial charge in [-0.25, -0.2) is 4.98 Å². The molecule has 0 aliphatic carbocycles. The van der Waals surface area contributed by atoms with Crippen molar-refractivity contribution in [2.24, 2.45) is 11.5 Å². The van der Waals surface area contributed by atoms with Crippen LogP contribution in [0.3, 0.4) is 0 Å². The van der Waals surface area contributed by atoms with Crippen LogP contribution < -0.4 is 11.5 Å². The molecule has 0 aliphatic rings. The summed E-state index contributed by atoms with van der Waals surface area (Å²) < 4.78 is 4.91. The predicted molar refractivity (Wildman–Crippen MR) is 44.4 cm³/mol. The molecule has 1 rings (SSSR count). The zero-order valence-corrected chi connectivity index (χ0v) is 7.08. The lowest BCUT2D eigenvalue weighted by Crippen LogP contribution is -2.38. The normalized spacial score (nSPS) is 12.8. The average Bonchev–Trinajstić information content (AvgIpc) is 2.51. The first-order valence-electron chi connectivity index (χ1n) is 3.27. The fourth-order valence-corrected chi connectivity index (χ4v) is 1.27. The van der Waals surface area contributed by atoms with Crippen molar-refractivity contribution in [3.05, 3.63) is 12.5 Å². The molecule has 66 valence electrons. The van der Waals surface area contributed by atoms with Crippen LogP contribution in [-0.4, -0.2) is 22.7 Å². The van der Waals surface area contributed by atoms with E-state index in [0.29, 0.717) is 11.0 Å². The van der Waals surface area contributed by atoms with E-state index < -0.39 is 11.9 Å². The molecule has 1 aromatic heterocycles. The number of rotatable bonds is 4. The summed E-state index contributed by atoms with van der Waals surface area (Å²) in [6, 6.07) is -0.651. The number of primary amides is 1. The van der Waals surface area contributed by atoms with Crippen molar-refractivity contribution in [2.45, 2.75) is 11.3 Å². The monoisotopic (exact) mass is 187 g/mol. The first-order chi connectivity index (χ1) is 5.70. The van der Waals surface area contributed by atoms with Crippen LogP contribution in [0.15, 0.2) is 22.1 Å². The average molecular weight is 187 g/mol. The molecule has 0 fully saturated rings. The van der Waals surface area contributed by atoms with Crippen molar-refractivity contribution in [3.8, 4) is 0 Å². The molecule has 0 saturated heterocycles. The van der Waals surface area contributed by atoms with Gasteiger partial charge in [0.2, 0.25) is 5.91 Å². The van der Waals surface area contributed by atoms with Crippen molar-refractivity contribution in [3.63, 3.8) is 0 Å². The highest BCUT2D eigenvalue weighted by Crippen LogP contribution is 2.14. The summed E-state index contributed by atoms with van der Waals surface area (Å²) in [5.41, 5.74) is 10.3. The van der Waals surface area contributed by atoms with Crippen molar-refractivity contribution < 1.29 is 9.21 Å². The summed E-state index contributed by atoms with van der Waals surface area (Å²) in [5, 5.41) is 0.492. The number of hydrogen-bond donors (Lipinski definition) is 2. The van der Waals surface area contributed by atoms with E-state index in [2.05, 4.69) is 4.98 Å². The van der Waals surface area contributed by atoms with Crippen LogP contribution in [-0.2, 0) is 4.79 Å². The molecule has 0 aliphatic heterocycles. The smallest absolute Gasteiger partial charge is 0.255 e. The molecule has 1 unspecified atom stereocenters.